The molecule has 1 saturated heterocycles. The molecule has 2 aliphatic heterocycles. The van der Waals surface area contributed by atoms with E-state index >= 15 is 0 Å². The zero-order chi connectivity index (χ0) is 19.3. The van der Waals surface area contributed by atoms with Crippen molar-refractivity contribution in [3.8, 4) is 0 Å². The van der Waals surface area contributed by atoms with Crippen LogP contribution in [0.25, 0.3) is 5.57 Å². The summed E-state index contributed by atoms with van der Waals surface area (Å²) in [7, 11) is 0. The Hall–Kier alpha value is -1.72. The molecule has 2 heterocycles. The molecule has 5 rings (SSSR count). The third-order valence-corrected chi connectivity index (χ3v) is 7.13. The second-order valence-corrected chi connectivity index (χ2v) is 9.11. The van der Waals surface area contributed by atoms with Gasteiger partial charge in [-0.05, 0) is 72.6 Å². The molecule has 146 valence electrons. The first-order valence-corrected chi connectivity index (χ1v) is 10.7. The van der Waals surface area contributed by atoms with Gasteiger partial charge in [0.2, 0.25) is 0 Å². The second kappa shape index (κ2) is 6.96. The Morgan fingerprint density at radius 2 is 1.64 bits per heavy atom. The molecule has 0 N–H and O–H groups in total. The van der Waals surface area contributed by atoms with Crippen molar-refractivity contribution in [2.75, 3.05) is 19.6 Å². The van der Waals surface area contributed by atoms with Gasteiger partial charge in [0.25, 0.3) is 0 Å². The zero-order valence-electron chi connectivity index (χ0n) is 15.6. The maximum absolute atomic E-state index is 13.4. The first kappa shape index (κ1) is 18.3. The summed E-state index contributed by atoms with van der Waals surface area (Å²) in [6.07, 6.45) is 0.263. The van der Waals surface area contributed by atoms with E-state index in [0.717, 1.165) is 58.3 Å². The lowest BCUT2D eigenvalue weighted by molar-refractivity contribution is -0.137. The Bertz CT molecular complexity index is 933. The van der Waals surface area contributed by atoms with Gasteiger partial charge in [0, 0.05) is 29.4 Å². The highest BCUT2D eigenvalue weighted by atomic mass is 32.2. The van der Waals surface area contributed by atoms with Gasteiger partial charge in [0.1, 0.15) is 0 Å². The largest absolute Gasteiger partial charge is 0.416 e. The average Bonchev–Trinajstić information content (AvgIpc) is 3.50. The fraction of sp³-hybridized carbons (Fsp3) is 0.391. The van der Waals surface area contributed by atoms with Gasteiger partial charge in [-0.25, -0.2) is 0 Å². The molecular weight excluding hydrogens is 379 g/mol. The molecule has 0 bridgehead atoms. The number of benzene rings is 2. The van der Waals surface area contributed by atoms with E-state index < -0.39 is 11.7 Å². The lowest BCUT2D eigenvalue weighted by Crippen LogP contribution is -2.32. The molecule has 0 amide bonds. The minimum atomic E-state index is -4.32. The fourth-order valence-corrected chi connectivity index (χ4v) is 5.39. The van der Waals surface area contributed by atoms with Gasteiger partial charge >= 0.3 is 6.18 Å². The van der Waals surface area contributed by atoms with Crippen LogP contribution in [-0.4, -0.2) is 24.5 Å². The molecule has 0 atom stereocenters. The lowest BCUT2D eigenvalue weighted by atomic mass is 9.87. The first-order chi connectivity index (χ1) is 13.5. The highest BCUT2D eigenvalue weighted by Gasteiger charge is 2.34. The molecule has 3 aliphatic rings. The van der Waals surface area contributed by atoms with E-state index in [2.05, 4.69) is 17.0 Å². The second-order valence-electron chi connectivity index (χ2n) is 8.03. The number of fused-ring (bicyclic) bond motifs is 2. The van der Waals surface area contributed by atoms with Gasteiger partial charge in [-0.3, -0.25) is 0 Å². The molecule has 2 aromatic rings. The van der Waals surface area contributed by atoms with Crippen LogP contribution in [0.3, 0.4) is 0 Å². The summed E-state index contributed by atoms with van der Waals surface area (Å²) < 4.78 is 40.1. The summed E-state index contributed by atoms with van der Waals surface area (Å²) in [5.41, 5.74) is 3.63. The maximum atomic E-state index is 13.4. The Morgan fingerprint density at radius 1 is 0.929 bits per heavy atom. The third-order valence-electron chi connectivity index (χ3n) is 5.98. The number of piperidine rings is 1. The Kier molecular flexibility index (Phi) is 4.55. The van der Waals surface area contributed by atoms with Crippen molar-refractivity contribution < 1.29 is 13.2 Å². The average molecular weight is 401 g/mol. The number of nitrogens with zero attached hydrogens (tertiary/aromatic N) is 1. The molecule has 2 fully saturated rings. The molecule has 1 saturated carbocycles. The topological polar surface area (TPSA) is 3.24 Å². The minimum Gasteiger partial charge on any atom is -0.302 e. The molecule has 0 radical (unpaired) electrons. The van der Waals surface area contributed by atoms with Gasteiger partial charge in [0.15, 0.2) is 0 Å². The van der Waals surface area contributed by atoms with Gasteiger partial charge in [0.05, 0.1) is 5.56 Å². The summed E-state index contributed by atoms with van der Waals surface area (Å²) in [5.74, 6) is 0.871. The van der Waals surface area contributed by atoms with Crippen LogP contribution in [0.5, 0.6) is 0 Å². The van der Waals surface area contributed by atoms with Crippen LogP contribution in [0.2, 0.25) is 0 Å². The van der Waals surface area contributed by atoms with Crippen LogP contribution in [-0.2, 0) is 6.18 Å². The van der Waals surface area contributed by atoms with Crippen molar-refractivity contribution in [1.82, 2.24) is 4.90 Å². The van der Waals surface area contributed by atoms with E-state index in [4.69, 9.17) is 0 Å². The summed E-state index contributed by atoms with van der Waals surface area (Å²) in [6, 6.07) is 12.3. The van der Waals surface area contributed by atoms with Gasteiger partial charge in [-0.15, -0.1) is 0 Å². The standard InChI is InChI=1S/C23H22F3NS/c24-23(25,26)17-7-8-21-19(13-17)22(18-3-1-2-4-20(18)28-21)16-9-11-27(12-10-16)14-15-5-6-15/h1-4,7-8,13,15H,5-6,9-12,14H2. The quantitative estimate of drug-likeness (QED) is 0.484. The highest BCUT2D eigenvalue weighted by Crippen LogP contribution is 2.49. The Labute approximate surface area is 167 Å². The van der Waals surface area contributed by atoms with Gasteiger partial charge in [-0.2, -0.15) is 13.2 Å². The predicted octanol–water partition coefficient (Wildman–Crippen LogP) is 6.48. The monoisotopic (exact) mass is 401 g/mol. The van der Waals surface area contributed by atoms with E-state index in [-0.39, 0.29) is 0 Å². The van der Waals surface area contributed by atoms with Crippen molar-refractivity contribution in [3.05, 3.63) is 64.7 Å². The van der Waals surface area contributed by atoms with Crippen molar-refractivity contribution in [2.24, 2.45) is 5.92 Å². The van der Waals surface area contributed by atoms with Crippen LogP contribution in [0.15, 0.2) is 57.8 Å². The van der Waals surface area contributed by atoms with Crippen molar-refractivity contribution in [3.63, 3.8) is 0 Å². The van der Waals surface area contributed by atoms with Gasteiger partial charge < -0.3 is 4.90 Å². The van der Waals surface area contributed by atoms with Gasteiger partial charge in [-0.1, -0.05) is 35.5 Å². The Morgan fingerprint density at radius 3 is 2.36 bits per heavy atom. The number of hydrogen-bond donors (Lipinski definition) is 0. The van der Waals surface area contributed by atoms with E-state index in [1.807, 2.05) is 12.1 Å². The zero-order valence-corrected chi connectivity index (χ0v) is 16.4. The minimum absolute atomic E-state index is 0.560. The molecule has 5 heteroatoms. The third kappa shape index (κ3) is 3.50. The number of alkyl halides is 3. The molecule has 1 aliphatic carbocycles. The maximum Gasteiger partial charge on any atom is 0.416 e. The fourth-order valence-electron chi connectivity index (χ4n) is 4.32. The number of rotatable bonds is 2. The smallest absolute Gasteiger partial charge is 0.302 e. The van der Waals surface area contributed by atoms with Crippen molar-refractivity contribution >= 4 is 17.3 Å². The number of halogens is 3. The highest BCUT2D eigenvalue weighted by molar-refractivity contribution is 7.99. The van der Waals surface area contributed by atoms with Crippen LogP contribution in [0.4, 0.5) is 13.2 Å². The summed E-state index contributed by atoms with van der Waals surface area (Å²) in [6.45, 7) is 3.21. The van der Waals surface area contributed by atoms with Crippen LogP contribution < -0.4 is 0 Å². The molecule has 0 spiro atoms. The van der Waals surface area contributed by atoms with E-state index in [9.17, 15) is 13.2 Å². The molecule has 2 aromatic carbocycles. The van der Waals surface area contributed by atoms with Crippen LogP contribution in [0.1, 0.15) is 42.4 Å². The summed E-state index contributed by atoms with van der Waals surface area (Å²) in [4.78, 5) is 4.59. The normalized spacial score (nSPS) is 20.1. The van der Waals surface area contributed by atoms with E-state index in [1.54, 1.807) is 17.8 Å². The molecule has 0 aromatic heterocycles. The molecule has 1 nitrogen and oxygen atoms in total. The van der Waals surface area contributed by atoms with E-state index in [0.29, 0.717) is 0 Å². The molecule has 28 heavy (non-hydrogen) atoms. The predicted molar refractivity (Wildman–Crippen MR) is 106 cm³/mol. The molecule has 0 unspecified atom stereocenters. The van der Waals surface area contributed by atoms with Crippen molar-refractivity contribution in [1.29, 1.82) is 0 Å². The Balaban J connectivity index is 1.56. The van der Waals surface area contributed by atoms with Crippen LogP contribution in [0, 0.1) is 5.92 Å². The first-order valence-electron chi connectivity index (χ1n) is 9.92. The van der Waals surface area contributed by atoms with Crippen molar-refractivity contribution in [2.45, 2.75) is 41.7 Å². The lowest BCUT2D eigenvalue weighted by Gasteiger charge is -2.32. The summed E-state index contributed by atoms with van der Waals surface area (Å²) in [5, 5.41) is 0. The number of hydrogen-bond acceptors (Lipinski definition) is 2. The van der Waals surface area contributed by atoms with Crippen LogP contribution >= 0.6 is 11.8 Å². The van der Waals surface area contributed by atoms with E-state index in [1.165, 1.54) is 37.1 Å². The SMILES string of the molecule is FC(F)(F)c1ccc2c(c1)C(=C1CCN(CC3CC3)CC1)c1ccccc1S2. The molecular formula is C23H22F3NS. The number of likely N-dealkylation sites (tertiary alicyclic amines) is 1. The summed E-state index contributed by atoms with van der Waals surface area (Å²) >= 11 is 1.57.